The number of hydrogen-bond acceptors (Lipinski definition) is 4. The maximum absolute atomic E-state index is 12.8. The van der Waals surface area contributed by atoms with Gasteiger partial charge in [-0.2, -0.15) is 13.9 Å². The molecule has 0 aromatic carbocycles. The number of hydrogen-bond donors (Lipinski definition) is 1. The number of nitrogens with zero attached hydrogens (tertiary/aromatic N) is 2. The number of aromatic nitrogens is 2. The lowest BCUT2D eigenvalue weighted by Gasteiger charge is -2.22. The molecule has 0 bridgehead atoms. The van der Waals surface area contributed by atoms with Gasteiger partial charge in [0.05, 0.1) is 23.6 Å². The minimum absolute atomic E-state index is 0.0378. The molecule has 0 spiro atoms. The lowest BCUT2D eigenvalue weighted by Crippen LogP contribution is -2.36. The number of sulfone groups is 1. The number of aryl methyl sites for hydroxylation is 1. The van der Waals surface area contributed by atoms with Crippen molar-refractivity contribution in [3.63, 3.8) is 0 Å². The number of carbonyl (C=O) groups excluding carboxylic acids is 1. The summed E-state index contributed by atoms with van der Waals surface area (Å²) in [4.78, 5) is 12.0. The quantitative estimate of drug-likeness (QED) is 0.871. The Labute approximate surface area is 134 Å². The zero-order valence-electron chi connectivity index (χ0n) is 13.2. The van der Waals surface area contributed by atoms with E-state index in [9.17, 15) is 22.0 Å². The van der Waals surface area contributed by atoms with E-state index in [0.29, 0.717) is 28.9 Å². The van der Waals surface area contributed by atoms with Crippen LogP contribution >= 0.6 is 0 Å². The van der Waals surface area contributed by atoms with Crippen molar-refractivity contribution < 1.29 is 22.0 Å². The molecule has 1 atom stereocenters. The van der Waals surface area contributed by atoms with Crippen molar-refractivity contribution in [2.75, 3.05) is 18.1 Å². The third-order valence-electron chi connectivity index (χ3n) is 4.14. The molecule has 1 aromatic heterocycles. The SMILES string of the molecule is Cc1nn(C(F)F)c(C)c1CC(=O)NCC1CCCS(=O)(=O)C1. The number of alkyl halides is 2. The lowest BCUT2D eigenvalue weighted by atomic mass is 10.1. The van der Waals surface area contributed by atoms with Crippen molar-refractivity contribution in [1.29, 1.82) is 0 Å². The molecule has 1 N–H and O–H groups in total. The molecule has 0 aliphatic carbocycles. The van der Waals surface area contributed by atoms with Crippen molar-refractivity contribution in [3.8, 4) is 0 Å². The highest BCUT2D eigenvalue weighted by atomic mass is 32.2. The van der Waals surface area contributed by atoms with Crippen LogP contribution in [0.3, 0.4) is 0 Å². The Hall–Kier alpha value is -1.51. The van der Waals surface area contributed by atoms with Crippen molar-refractivity contribution in [1.82, 2.24) is 15.1 Å². The van der Waals surface area contributed by atoms with Crippen LogP contribution in [0, 0.1) is 19.8 Å². The maximum atomic E-state index is 12.8. The van der Waals surface area contributed by atoms with E-state index in [2.05, 4.69) is 10.4 Å². The molecule has 1 saturated heterocycles. The highest BCUT2D eigenvalue weighted by molar-refractivity contribution is 7.91. The molecule has 130 valence electrons. The number of amides is 1. The topological polar surface area (TPSA) is 81.1 Å². The Morgan fingerprint density at radius 2 is 2.13 bits per heavy atom. The first-order valence-corrected chi connectivity index (χ1v) is 9.31. The van der Waals surface area contributed by atoms with E-state index < -0.39 is 16.4 Å². The fourth-order valence-corrected chi connectivity index (χ4v) is 4.68. The standard InChI is InChI=1S/C14H21F2N3O3S/c1-9-12(10(2)19(18-9)14(15)16)6-13(20)17-7-11-4-3-5-23(21,22)8-11/h11,14H,3-8H2,1-2H3,(H,17,20). The van der Waals surface area contributed by atoms with Crippen LogP contribution in [-0.4, -0.2) is 42.2 Å². The van der Waals surface area contributed by atoms with Gasteiger partial charge >= 0.3 is 6.55 Å². The zero-order chi connectivity index (χ0) is 17.2. The predicted molar refractivity (Wildman–Crippen MR) is 81.0 cm³/mol. The van der Waals surface area contributed by atoms with Gasteiger partial charge in [0, 0.05) is 17.8 Å². The second-order valence-corrected chi connectivity index (χ2v) is 8.20. The van der Waals surface area contributed by atoms with Crippen LogP contribution in [0.2, 0.25) is 0 Å². The lowest BCUT2D eigenvalue weighted by molar-refractivity contribution is -0.120. The van der Waals surface area contributed by atoms with Gasteiger partial charge in [-0.1, -0.05) is 0 Å². The van der Waals surface area contributed by atoms with E-state index in [4.69, 9.17) is 0 Å². The molecule has 1 unspecified atom stereocenters. The highest BCUT2D eigenvalue weighted by Crippen LogP contribution is 2.20. The van der Waals surface area contributed by atoms with Crippen molar-refractivity contribution in [3.05, 3.63) is 17.0 Å². The van der Waals surface area contributed by atoms with Crippen LogP contribution in [0.1, 0.15) is 36.3 Å². The Morgan fingerprint density at radius 3 is 2.70 bits per heavy atom. The Balaban J connectivity index is 1.93. The molecular weight excluding hydrogens is 328 g/mol. The van der Waals surface area contributed by atoms with E-state index in [0.717, 1.165) is 6.42 Å². The van der Waals surface area contributed by atoms with Crippen LogP contribution in [0.4, 0.5) is 8.78 Å². The number of carbonyl (C=O) groups is 1. The van der Waals surface area contributed by atoms with Gasteiger partial charge in [-0.3, -0.25) is 4.79 Å². The largest absolute Gasteiger partial charge is 0.356 e. The third kappa shape index (κ3) is 4.49. The minimum atomic E-state index is -3.01. The van der Waals surface area contributed by atoms with Crippen LogP contribution in [0.25, 0.3) is 0 Å². The first-order chi connectivity index (χ1) is 10.7. The van der Waals surface area contributed by atoms with Crippen molar-refractivity contribution in [2.24, 2.45) is 5.92 Å². The minimum Gasteiger partial charge on any atom is -0.356 e. The molecule has 0 radical (unpaired) electrons. The summed E-state index contributed by atoms with van der Waals surface area (Å²) < 4.78 is 49.2. The monoisotopic (exact) mass is 349 g/mol. The fourth-order valence-electron chi connectivity index (χ4n) is 2.90. The van der Waals surface area contributed by atoms with E-state index in [1.54, 1.807) is 6.92 Å². The maximum Gasteiger partial charge on any atom is 0.333 e. The number of rotatable bonds is 5. The molecule has 6 nitrogen and oxygen atoms in total. The smallest absolute Gasteiger partial charge is 0.333 e. The Bertz CT molecular complexity index is 686. The molecule has 0 saturated carbocycles. The summed E-state index contributed by atoms with van der Waals surface area (Å²) in [5.41, 5.74) is 1.16. The van der Waals surface area contributed by atoms with Crippen LogP contribution in [0.5, 0.6) is 0 Å². The summed E-state index contributed by atoms with van der Waals surface area (Å²) in [5.74, 6) is -0.0891. The summed E-state index contributed by atoms with van der Waals surface area (Å²) in [6.07, 6.45) is 1.34. The third-order valence-corrected chi connectivity index (χ3v) is 6.03. The molecule has 1 aliphatic rings. The van der Waals surface area contributed by atoms with Gasteiger partial charge in [0.25, 0.3) is 0 Å². The molecule has 2 heterocycles. The van der Waals surface area contributed by atoms with E-state index in [-0.39, 0.29) is 35.4 Å². The molecule has 1 aliphatic heterocycles. The highest BCUT2D eigenvalue weighted by Gasteiger charge is 2.25. The second-order valence-electron chi connectivity index (χ2n) is 5.98. The van der Waals surface area contributed by atoms with Gasteiger partial charge in [0.1, 0.15) is 0 Å². The average Bonchev–Trinajstić information content (AvgIpc) is 2.72. The molecule has 23 heavy (non-hydrogen) atoms. The van der Waals surface area contributed by atoms with Gasteiger partial charge in [-0.25, -0.2) is 13.1 Å². The van der Waals surface area contributed by atoms with Crippen molar-refractivity contribution >= 4 is 15.7 Å². The van der Waals surface area contributed by atoms with E-state index >= 15 is 0 Å². The molecule has 1 amide bonds. The number of halogens is 2. The first-order valence-electron chi connectivity index (χ1n) is 7.49. The van der Waals surface area contributed by atoms with E-state index in [1.165, 1.54) is 6.92 Å². The van der Waals surface area contributed by atoms with Gasteiger partial charge in [-0.05, 0) is 32.6 Å². The zero-order valence-corrected chi connectivity index (χ0v) is 14.0. The predicted octanol–water partition coefficient (Wildman–Crippen LogP) is 1.38. The van der Waals surface area contributed by atoms with Crippen molar-refractivity contribution in [2.45, 2.75) is 39.7 Å². The fraction of sp³-hybridized carbons (Fsp3) is 0.714. The van der Waals surface area contributed by atoms with Gasteiger partial charge < -0.3 is 5.32 Å². The summed E-state index contributed by atoms with van der Waals surface area (Å²) in [6.45, 7) is 0.641. The van der Waals surface area contributed by atoms with Gasteiger partial charge in [0.15, 0.2) is 9.84 Å². The van der Waals surface area contributed by atoms with Crippen LogP contribution < -0.4 is 5.32 Å². The normalized spacial score (nSPS) is 20.7. The molecular formula is C14H21F2N3O3S. The summed E-state index contributed by atoms with van der Waals surface area (Å²) in [5, 5.41) is 6.44. The molecule has 9 heteroatoms. The second kappa shape index (κ2) is 6.94. The first kappa shape index (κ1) is 17.8. The van der Waals surface area contributed by atoms with Crippen LogP contribution in [0.15, 0.2) is 0 Å². The molecule has 1 aromatic rings. The van der Waals surface area contributed by atoms with Gasteiger partial charge in [0.2, 0.25) is 5.91 Å². The average molecular weight is 349 g/mol. The summed E-state index contributed by atoms with van der Waals surface area (Å²) >= 11 is 0. The molecule has 2 rings (SSSR count). The number of nitrogens with one attached hydrogen (secondary N) is 1. The Morgan fingerprint density at radius 1 is 1.43 bits per heavy atom. The van der Waals surface area contributed by atoms with Gasteiger partial charge in [-0.15, -0.1) is 0 Å². The van der Waals surface area contributed by atoms with E-state index in [1.807, 2.05) is 0 Å². The Kier molecular flexibility index (Phi) is 5.38. The van der Waals surface area contributed by atoms with Crippen LogP contribution in [-0.2, 0) is 21.1 Å². The summed E-state index contributed by atoms with van der Waals surface area (Å²) in [7, 11) is -3.01. The molecule has 1 fully saturated rings. The summed E-state index contributed by atoms with van der Waals surface area (Å²) in [6, 6.07) is 0.